The number of carbonyl (C=O) groups is 2. The first-order valence-electron chi connectivity index (χ1n) is 10.4. The van der Waals surface area contributed by atoms with Crippen molar-refractivity contribution in [3.63, 3.8) is 0 Å². The smallest absolute Gasteiger partial charge is 0.328 e. The topological polar surface area (TPSA) is 55.8 Å². The standard InChI is InChI=1S/C25H33NO4/c1-7-29-24(28)19(3)26(16-20-11-9-8-10-12-20)23(27)17-30-22-14-13-18(2)15-21(22)25(4,5)6/h8-15,19H,7,16-17H2,1-6H3. The summed E-state index contributed by atoms with van der Waals surface area (Å²) in [6, 6.07) is 14.8. The molecule has 2 aromatic carbocycles. The van der Waals surface area contributed by atoms with Gasteiger partial charge in [0.25, 0.3) is 5.91 Å². The highest BCUT2D eigenvalue weighted by Gasteiger charge is 2.28. The molecule has 2 aromatic rings. The predicted octanol–water partition coefficient (Wildman–Crippen LogP) is 4.65. The molecule has 0 spiro atoms. The maximum absolute atomic E-state index is 13.1. The van der Waals surface area contributed by atoms with Gasteiger partial charge in [0.1, 0.15) is 11.8 Å². The molecule has 0 aliphatic rings. The van der Waals surface area contributed by atoms with Crippen molar-refractivity contribution >= 4 is 11.9 Å². The number of rotatable bonds is 8. The van der Waals surface area contributed by atoms with Gasteiger partial charge in [-0.15, -0.1) is 0 Å². The van der Waals surface area contributed by atoms with Gasteiger partial charge in [-0.1, -0.05) is 68.8 Å². The Morgan fingerprint density at radius 1 is 1.07 bits per heavy atom. The fraction of sp³-hybridized carbons (Fsp3) is 0.440. The third-order valence-electron chi connectivity index (χ3n) is 4.91. The molecule has 0 fully saturated rings. The van der Waals surface area contributed by atoms with Crippen molar-refractivity contribution in [1.82, 2.24) is 4.90 Å². The number of aryl methyl sites for hydroxylation is 1. The molecular formula is C25H33NO4. The highest BCUT2D eigenvalue weighted by Crippen LogP contribution is 2.32. The minimum Gasteiger partial charge on any atom is -0.483 e. The SMILES string of the molecule is CCOC(=O)C(C)N(Cc1ccccc1)C(=O)COc1ccc(C)cc1C(C)(C)C. The van der Waals surface area contributed by atoms with Crippen LogP contribution >= 0.6 is 0 Å². The van der Waals surface area contributed by atoms with Crippen LogP contribution in [-0.4, -0.2) is 36.0 Å². The van der Waals surface area contributed by atoms with Gasteiger partial charge in [0.2, 0.25) is 0 Å². The summed E-state index contributed by atoms with van der Waals surface area (Å²) in [5, 5.41) is 0. The van der Waals surface area contributed by atoms with Gasteiger partial charge in [-0.05, 0) is 43.4 Å². The number of ether oxygens (including phenoxy) is 2. The molecule has 0 heterocycles. The van der Waals surface area contributed by atoms with E-state index in [9.17, 15) is 9.59 Å². The summed E-state index contributed by atoms with van der Waals surface area (Å²) in [7, 11) is 0. The lowest BCUT2D eigenvalue weighted by atomic mass is 9.85. The Morgan fingerprint density at radius 3 is 2.33 bits per heavy atom. The van der Waals surface area contributed by atoms with E-state index in [1.165, 1.54) is 4.90 Å². The van der Waals surface area contributed by atoms with Crippen molar-refractivity contribution in [2.24, 2.45) is 0 Å². The summed E-state index contributed by atoms with van der Waals surface area (Å²) in [6.07, 6.45) is 0. The van der Waals surface area contributed by atoms with Gasteiger partial charge < -0.3 is 14.4 Å². The van der Waals surface area contributed by atoms with Crippen LogP contribution in [0.1, 0.15) is 51.3 Å². The molecule has 30 heavy (non-hydrogen) atoms. The number of hydrogen-bond acceptors (Lipinski definition) is 4. The Hall–Kier alpha value is -2.82. The number of amides is 1. The van der Waals surface area contributed by atoms with Crippen molar-refractivity contribution in [3.05, 3.63) is 65.2 Å². The van der Waals surface area contributed by atoms with Crippen molar-refractivity contribution in [2.75, 3.05) is 13.2 Å². The van der Waals surface area contributed by atoms with Gasteiger partial charge in [0, 0.05) is 6.54 Å². The Morgan fingerprint density at radius 2 is 1.73 bits per heavy atom. The van der Waals surface area contributed by atoms with Crippen LogP contribution in [0.3, 0.4) is 0 Å². The van der Waals surface area contributed by atoms with Gasteiger partial charge in [0.05, 0.1) is 6.61 Å². The van der Waals surface area contributed by atoms with Gasteiger partial charge >= 0.3 is 5.97 Å². The molecule has 0 aromatic heterocycles. The van der Waals surface area contributed by atoms with Crippen LogP contribution in [0.5, 0.6) is 5.75 Å². The molecule has 0 N–H and O–H groups in total. The maximum Gasteiger partial charge on any atom is 0.328 e. The van der Waals surface area contributed by atoms with E-state index in [4.69, 9.17) is 9.47 Å². The van der Waals surface area contributed by atoms with Crippen molar-refractivity contribution in [1.29, 1.82) is 0 Å². The van der Waals surface area contributed by atoms with Crippen molar-refractivity contribution in [2.45, 2.75) is 59.5 Å². The third-order valence-corrected chi connectivity index (χ3v) is 4.91. The average molecular weight is 412 g/mol. The van der Waals surface area contributed by atoms with Crippen LogP contribution in [0, 0.1) is 6.92 Å². The normalized spacial score (nSPS) is 12.2. The summed E-state index contributed by atoms with van der Waals surface area (Å²) in [5.74, 6) is -0.00256. The first kappa shape index (κ1) is 23.5. The molecule has 0 radical (unpaired) electrons. The Balaban J connectivity index is 2.21. The quantitative estimate of drug-likeness (QED) is 0.593. The largest absolute Gasteiger partial charge is 0.483 e. The van der Waals surface area contributed by atoms with Crippen molar-refractivity contribution in [3.8, 4) is 5.75 Å². The van der Waals surface area contributed by atoms with Crippen LogP contribution in [0.15, 0.2) is 48.5 Å². The third kappa shape index (κ3) is 6.34. The number of carbonyl (C=O) groups excluding carboxylic acids is 2. The summed E-state index contributed by atoms with van der Waals surface area (Å²) >= 11 is 0. The maximum atomic E-state index is 13.1. The van der Waals surface area contributed by atoms with E-state index < -0.39 is 12.0 Å². The van der Waals surface area contributed by atoms with Crippen molar-refractivity contribution < 1.29 is 19.1 Å². The second kappa shape index (κ2) is 10.3. The number of nitrogens with zero attached hydrogens (tertiary/aromatic N) is 1. The molecule has 5 heteroatoms. The van der Waals surface area contributed by atoms with Gasteiger partial charge in [-0.3, -0.25) is 4.79 Å². The summed E-state index contributed by atoms with van der Waals surface area (Å²) in [5.41, 5.74) is 3.00. The van der Waals surface area contributed by atoms with E-state index in [2.05, 4.69) is 26.8 Å². The number of esters is 1. The van der Waals surface area contributed by atoms with Crippen LogP contribution in [-0.2, 0) is 26.3 Å². The molecule has 162 valence electrons. The molecule has 1 atom stereocenters. The van der Waals surface area contributed by atoms with Gasteiger partial charge in [-0.2, -0.15) is 0 Å². The van der Waals surface area contributed by atoms with E-state index in [1.54, 1.807) is 13.8 Å². The number of benzene rings is 2. The zero-order chi connectivity index (χ0) is 22.3. The first-order chi connectivity index (χ1) is 14.1. The monoisotopic (exact) mass is 411 g/mol. The minimum absolute atomic E-state index is 0.119. The second-order valence-corrected chi connectivity index (χ2v) is 8.47. The summed E-state index contributed by atoms with van der Waals surface area (Å²) < 4.78 is 11.1. The lowest BCUT2D eigenvalue weighted by Crippen LogP contribution is -2.45. The molecule has 0 saturated carbocycles. The zero-order valence-electron chi connectivity index (χ0n) is 18.9. The Kier molecular flexibility index (Phi) is 8.04. The predicted molar refractivity (Wildman–Crippen MR) is 118 cm³/mol. The molecule has 0 aliphatic carbocycles. The molecule has 1 unspecified atom stereocenters. The lowest BCUT2D eigenvalue weighted by Gasteiger charge is -2.29. The summed E-state index contributed by atoms with van der Waals surface area (Å²) in [6.45, 7) is 12.2. The van der Waals surface area contributed by atoms with Crippen LogP contribution in [0.4, 0.5) is 0 Å². The fourth-order valence-corrected chi connectivity index (χ4v) is 3.19. The highest BCUT2D eigenvalue weighted by atomic mass is 16.5. The van der Waals surface area contributed by atoms with Crippen LogP contribution < -0.4 is 4.74 Å². The lowest BCUT2D eigenvalue weighted by molar-refractivity contribution is -0.155. The van der Waals surface area contributed by atoms with Crippen LogP contribution in [0.2, 0.25) is 0 Å². The Labute approximate surface area is 180 Å². The molecule has 5 nitrogen and oxygen atoms in total. The van der Waals surface area contributed by atoms with Crippen LogP contribution in [0.25, 0.3) is 0 Å². The van der Waals surface area contributed by atoms with E-state index in [0.717, 1.165) is 16.7 Å². The minimum atomic E-state index is -0.707. The van der Waals surface area contributed by atoms with E-state index in [0.29, 0.717) is 12.3 Å². The Bertz CT molecular complexity index is 855. The second-order valence-electron chi connectivity index (χ2n) is 8.47. The molecule has 0 aliphatic heterocycles. The molecule has 2 rings (SSSR count). The first-order valence-corrected chi connectivity index (χ1v) is 10.4. The molecule has 0 saturated heterocycles. The fourth-order valence-electron chi connectivity index (χ4n) is 3.19. The molecular weight excluding hydrogens is 378 g/mol. The molecule has 0 bridgehead atoms. The van der Waals surface area contributed by atoms with Gasteiger partial charge in [-0.25, -0.2) is 4.79 Å². The van der Waals surface area contributed by atoms with E-state index in [-0.39, 0.29) is 24.5 Å². The number of hydrogen-bond donors (Lipinski definition) is 0. The zero-order valence-corrected chi connectivity index (χ0v) is 18.9. The van der Waals surface area contributed by atoms with Gasteiger partial charge in [0.15, 0.2) is 6.61 Å². The highest BCUT2D eigenvalue weighted by molar-refractivity contribution is 5.85. The molecule has 1 amide bonds. The average Bonchev–Trinajstić information content (AvgIpc) is 2.70. The van der Waals surface area contributed by atoms with E-state index in [1.807, 2.05) is 49.4 Å². The summed E-state index contributed by atoms with van der Waals surface area (Å²) in [4.78, 5) is 26.9. The van der Waals surface area contributed by atoms with E-state index >= 15 is 0 Å².